The lowest BCUT2D eigenvalue weighted by Crippen LogP contribution is -2.16. The summed E-state index contributed by atoms with van der Waals surface area (Å²) in [6.45, 7) is 3.60. The predicted octanol–water partition coefficient (Wildman–Crippen LogP) is 3.63. The van der Waals surface area contributed by atoms with E-state index >= 15 is 0 Å². The maximum atomic E-state index is 12.4. The molecule has 0 aliphatic heterocycles. The quantitative estimate of drug-likeness (QED) is 0.456. The number of Topliss-reactive ketones (excluding diaryl/α,β-unsaturated/α-hetero) is 1. The van der Waals surface area contributed by atoms with Crippen molar-refractivity contribution in [2.24, 2.45) is 5.92 Å². The minimum Gasteiger partial charge on any atom is -0.457 e. The van der Waals surface area contributed by atoms with Crippen molar-refractivity contribution in [3.63, 3.8) is 0 Å². The number of esters is 1. The number of hydrogen-bond acceptors (Lipinski definition) is 5. The zero-order valence-corrected chi connectivity index (χ0v) is 14.6. The third-order valence-electron chi connectivity index (χ3n) is 4.25. The number of aryl methyl sites for hydroxylation is 1. The van der Waals surface area contributed by atoms with Crippen LogP contribution in [0.1, 0.15) is 41.0 Å². The molecule has 0 bridgehead atoms. The van der Waals surface area contributed by atoms with Gasteiger partial charge < -0.3 is 4.74 Å². The van der Waals surface area contributed by atoms with Crippen molar-refractivity contribution in [2.75, 3.05) is 6.61 Å². The van der Waals surface area contributed by atoms with Gasteiger partial charge in [-0.05, 0) is 38.7 Å². The molecule has 0 unspecified atom stereocenters. The molecule has 5 nitrogen and oxygen atoms in total. The van der Waals surface area contributed by atoms with Gasteiger partial charge in [-0.2, -0.15) is 0 Å². The van der Waals surface area contributed by atoms with Crippen LogP contribution >= 0.6 is 11.3 Å². The highest BCUT2D eigenvalue weighted by atomic mass is 32.1. The van der Waals surface area contributed by atoms with Gasteiger partial charge in [0, 0.05) is 28.5 Å². The molecule has 2 heterocycles. The van der Waals surface area contributed by atoms with E-state index in [2.05, 4.69) is 11.1 Å². The molecule has 0 saturated heterocycles. The molecule has 2 aromatic heterocycles. The maximum Gasteiger partial charge on any atom is 0.306 e. The summed E-state index contributed by atoms with van der Waals surface area (Å²) in [5.74, 6) is -0.238. The Hall–Kier alpha value is -2.21. The first-order valence-corrected chi connectivity index (χ1v) is 8.88. The Bertz CT molecular complexity index is 775. The van der Waals surface area contributed by atoms with Gasteiger partial charge in [0.2, 0.25) is 5.78 Å². The SMILES string of the molecule is Cc1cc(C(=O)COC(=O)C[C@@H]2C=CCC2)c(C)n1-c1nccs1. The van der Waals surface area contributed by atoms with Crippen LogP contribution in [-0.2, 0) is 9.53 Å². The number of hydrogen-bond donors (Lipinski definition) is 0. The largest absolute Gasteiger partial charge is 0.457 e. The molecule has 6 heteroatoms. The topological polar surface area (TPSA) is 61.2 Å². The molecule has 3 rings (SSSR count). The fourth-order valence-corrected chi connectivity index (χ4v) is 3.78. The van der Waals surface area contributed by atoms with Crippen molar-refractivity contribution in [1.29, 1.82) is 0 Å². The maximum absolute atomic E-state index is 12.4. The Morgan fingerprint density at radius 1 is 1.42 bits per heavy atom. The molecule has 1 aliphatic carbocycles. The molecule has 24 heavy (non-hydrogen) atoms. The van der Waals surface area contributed by atoms with Crippen LogP contribution in [0.4, 0.5) is 0 Å². The highest BCUT2D eigenvalue weighted by Gasteiger charge is 2.20. The number of aromatic nitrogens is 2. The summed E-state index contributed by atoms with van der Waals surface area (Å²) in [5.41, 5.74) is 2.34. The third kappa shape index (κ3) is 3.48. The third-order valence-corrected chi connectivity index (χ3v) is 5.00. The van der Waals surface area contributed by atoms with Crippen LogP contribution in [0.5, 0.6) is 0 Å². The number of carbonyl (C=O) groups is 2. The van der Waals surface area contributed by atoms with E-state index in [1.807, 2.05) is 35.9 Å². The van der Waals surface area contributed by atoms with Gasteiger partial charge in [-0.3, -0.25) is 14.2 Å². The minimum absolute atomic E-state index is 0.179. The molecular formula is C18H20N2O3S. The van der Waals surface area contributed by atoms with Crippen LogP contribution in [0.25, 0.3) is 5.13 Å². The number of thiazole rings is 1. The Morgan fingerprint density at radius 2 is 2.25 bits per heavy atom. The monoisotopic (exact) mass is 344 g/mol. The van der Waals surface area contributed by atoms with Gasteiger partial charge in [-0.1, -0.05) is 12.2 Å². The Labute approximate surface area is 145 Å². The summed E-state index contributed by atoms with van der Waals surface area (Å²) in [7, 11) is 0. The van der Waals surface area contributed by atoms with Crippen LogP contribution in [0.2, 0.25) is 0 Å². The number of ether oxygens (including phenoxy) is 1. The van der Waals surface area contributed by atoms with E-state index in [0.717, 1.165) is 29.4 Å². The number of carbonyl (C=O) groups excluding carboxylic acids is 2. The highest BCUT2D eigenvalue weighted by molar-refractivity contribution is 7.12. The second-order valence-electron chi connectivity index (χ2n) is 5.99. The second kappa shape index (κ2) is 7.13. The van der Waals surface area contributed by atoms with Gasteiger partial charge in [0.05, 0.1) is 6.42 Å². The normalized spacial score (nSPS) is 16.5. The first-order valence-electron chi connectivity index (χ1n) is 8.00. The van der Waals surface area contributed by atoms with Crippen LogP contribution in [0.15, 0.2) is 29.8 Å². The lowest BCUT2D eigenvalue weighted by molar-refractivity contribution is -0.143. The second-order valence-corrected chi connectivity index (χ2v) is 6.86. The molecule has 2 aromatic rings. The van der Waals surface area contributed by atoms with E-state index < -0.39 is 0 Å². The molecule has 1 atom stereocenters. The van der Waals surface area contributed by atoms with E-state index in [-0.39, 0.29) is 24.3 Å². The summed E-state index contributed by atoms with van der Waals surface area (Å²) < 4.78 is 7.12. The Balaban J connectivity index is 1.64. The standard InChI is InChI=1S/C18H20N2O3S/c1-12-9-15(13(2)20(12)18-19-7-8-24-18)16(21)11-23-17(22)10-14-5-3-4-6-14/h3,5,7-9,14H,4,6,10-11H2,1-2H3/t14-/m1/s1. The van der Waals surface area contributed by atoms with Crippen LogP contribution < -0.4 is 0 Å². The van der Waals surface area contributed by atoms with Crippen molar-refractivity contribution in [3.05, 3.63) is 46.7 Å². The molecule has 126 valence electrons. The van der Waals surface area contributed by atoms with Crippen molar-refractivity contribution < 1.29 is 14.3 Å². The molecule has 0 aromatic carbocycles. The zero-order valence-electron chi connectivity index (χ0n) is 13.8. The lowest BCUT2D eigenvalue weighted by atomic mass is 10.1. The number of allylic oxidation sites excluding steroid dienone is 2. The van der Waals surface area contributed by atoms with E-state index in [1.165, 1.54) is 11.3 Å². The molecule has 0 N–H and O–H groups in total. The van der Waals surface area contributed by atoms with Crippen molar-refractivity contribution >= 4 is 23.1 Å². The highest BCUT2D eigenvalue weighted by Crippen LogP contribution is 2.23. The number of nitrogens with zero attached hydrogens (tertiary/aromatic N) is 2. The Kier molecular flexibility index (Phi) is 4.94. The summed E-state index contributed by atoms with van der Waals surface area (Å²) in [6, 6.07) is 1.83. The fraction of sp³-hybridized carbons (Fsp3) is 0.389. The molecular weight excluding hydrogens is 324 g/mol. The zero-order chi connectivity index (χ0) is 17.1. The van der Waals surface area contributed by atoms with Crippen molar-refractivity contribution in [3.8, 4) is 5.13 Å². The first kappa shape index (κ1) is 16.6. The minimum atomic E-state index is -0.311. The average Bonchev–Trinajstić information content (AvgIpc) is 3.27. The number of rotatable bonds is 6. The van der Waals surface area contributed by atoms with Gasteiger partial charge in [-0.15, -0.1) is 11.3 Å². The van der Waals surface area contributed by atoms with E-state index in [9.17, 15) is 9.59 Å². The van der Waals surface area contributed by atoms with Crippen LogP contribution in [0, 0.1) is 19.8 Å². The van der Waals surface area contributed by atoms with Gasteiger partial charge in [0.25, 0.3) is 0 Å². The Morgan fingerprint density at radius 3 is 2.92 bits per heavy atom. The summed E-state index contributed by atoms with van der Waals surface area (Å²) in [4.78, 5) is 28.6. The van der Waals surface area contributed by atoms with E-state index in [0.29, 0.717) is 12.0 Å². The predicted molar refractivity (Wildman–Crippen MR) is 92.7 cm³/mol. The number of ketones is 1. The van der Waals surface area contributed by atoms with Gasteiger partial charge >= 0.3 is 5.97 Å². The van der Waals surface area contributed by atoms with Gasteiger partial charge in [-0.25, -0.2) is 4.98 Å². The average molecular weight is 344 g/mol. The molecule has 0 amide bonds. The van der Waals surface area contributed by atoms with Crippen LogP contribution in [-0.4, -0.2) is 27.9 Å². The van der Waals surface area contributed by atoms with Crippen LogP contribution in [0.3, 0.4) is 0 Å². The van der Waals surface area contributed by atoms with Gasteiger partial charge in [0.15, 0.2) is 11.7 Å². The van der Waals surface area contributed by atoms with Gasteiger partial charge in [0.1, 0.15) is 0 Å². The lowest BCUT2D eigenvalue weighted by Gasteiger charge is -2.08. The van der Waals surface area contributed by atoms with Crippen molar-refractivity contribution in [1.82, 2.24) is 9.55 Å². The molecule has 0 saturated carbocycles. The summed E-state index contributed by atoms with van der Waals surface area (Å²) >= 11 is 1.51. The molecule has 0 spiro atoms. The molecule has 1 aliphatic rings. The van der Waals surface area contributed by atoms with Crippen molar-refractivity contribution in [2.45, 2.75) is 33.1 Å². The molecule has 0 fully saturated rings. The summed E-state index contributed by atoms with van der Waals surface area (Å²) in [5, 5.41) is 2.73. The summed E-state index contributed by atoms with van der Waals surface area (Å²) in [6.07, 6.45) is 8.21. The first-order chi connectivity index (χ1) is 11.6. The smallest absolute Gasteiger partial charge is 0.306 e. The molecule has 0 radical (unpaired) electrons. The van der Waals surface area contributed by atoms with E-state index in [1.54, 1.807) is 6.20 Å². The fourth-order valence-electron chi connectivity index (χ4n) is 3.03. The van der Waals surface area contributed by atoms with E-state index in [4.69, 9.17) is 4.74 Å².